The summed E-state index contributed by atoms with van der Waals surface area (Å²) < 4.78 is 26.6. The lowest BCUT2D eigenvalue weighted by molar-refractivity contribution is 0.412. The predicted molar refractivity (Wildman–Crippen MR) is 52.6 cm³/mol. The molecular weight excluding hydrogens is 200 g/mol. The molecule has 0 spiro atoms. The maximum atomic E-state index is 13.6. The molecule has 0 radical (unpaired) electrons. The number of benzene rings is 1. The molecule has 0 saturated heterocycles. The van der Waals surface area contributed by atoms with Crippen molar-refractivity contribution in [1.82, 2.24) is 0 Å². The molecule has 1 fully saturated rings. The molecule has 0 amide bonds. The van der Waals surface area contributed by atoms with E-state index in [0.29, 0.717) is 12.8 Å². The molecule has 0 heterocycles. The Balaban J connectivity index is 2.57. The Hall–Kier alpha value is -1.16. The molecule has 3 N–H and O–H groups in total. The van der Waals surface area contributed by atoms with E-state index >= 15 is 0 Å². The van der Waals surface area contributed by atoms with Crippen LogP contribution in [0.15, 0.2) is 12.1 Å². The van der Waals surface area contributed by atoms with Gasteiger partial charge in [-0.05, 0) is 31.9 Å². The molecule has 0 bridgehead atoms. The van der Waals surface area contributed by atoms with Gasteiger partial charge in [-0.3, -0.25) is 0 Å². The van der Waals surface area contributed by atoms with Crippen molar-refractivity contribution in [1.29, 1.82) is 0 Å². The summed E-state index contributed by atoms with van der Waals surface area (Å²) in [5.74, 6) is -2.11. The third kappa shape index (κ3) is 1.40. The third-order valence-electron chi connectivity index (χ3n) is 3.23. The number of hydrogen-bond donors (Lipinski definition) is 2. The first kappa shape index (κ1) is 10.4. The summed E-state index contributed by atoms with van der Waals surface area (Å²) >= 11 is 0. The standard InChI is InChI=1S/C11H13F2NO/c1-6(14)11(4-5-11)9-8(15)3-2-7(12)10(9)13/h2-3,6,15H,4-5,14H2,1H3. The smallest absolute Gasteiger partial charge is 0.166 e. The molecule has 1 aliphatic carbocycles. The first-order valence-corrected chi connectivity index (χ1v) is 4.92. The lowest BCUT2D eigenvalue weighted by Gasteiger charge is -2.21. The molecule has 1 aliphatic rings. The molecular formula is C11H13F2NO. The van der Waals surface area contributed by atoms with E-state index in [1.54, 1.807) is 6.92 Å². The maximum Gasteiger partial charge on any atom is 0.166 e. The highest BCUT2D eigenvalue weighted by molar-refractivity contribution is 5.45. The molecule has 2 nitrogen and oxygen atoms in total. The number of nitrogens with two attached hydrogens (primary N) is 1. The normalized spacial score (nSPS) is 20.0. The van der Waals surface area contributed by atoms with Gasteiger partial charge in [0.1, 0.15) is 5.75 Å². The minimum atomic E-state index is -0.968. The van der Waals surface area contributed by atoms with Crippen molar-refractivity contribution in [2.45, 2.75) is 31.2 Å². The summed E-state index contributed by atoms with van der Waals surface area (Å²) in [4.78, 5) is 0. The first-order valence-electron chi connectivity index (χ1n) is 4.92. The number of phenols is 1. The summed E-state index contributed by atoms with van der Waals surface area (Å²) in [5.41, 5.74) is 5.22. The van der Waals surface area contributed by atoms with Gasteiger partial charge in [-0.15, -0.1) is 0 Å². The topological polar surface area (TPSA) is 46.2 Å². The van der Waals surface area contributed by atoms with Crippen molar-refractivity contribution < 1.29 is 13.9 Å². The van der Waals surface area contributed by atoms with Gasteiger partial charge in [-0.25, -0.2) is 8.78 Å². The number of hydrogen-bond acceptors (Lipinski definition) is 2. The van der Waals surface area contributed by atoms with Crippen LogP contribution in [0.3, 0.4) is 0 Å². The SMILES string of the molecule is CC(N)C1(c2c(O)ccc(F)c2F)CC1. The number of aromatic hydroxyl groups is 1. The second kappa shape index (κ2) is 3.17. The monoisotopic (exact) mass is 213 g/mol. The van der Waals surface area contributed by atoms with Crippen LogP contribution < -0.4 is 5.73 Å². The van der Waals surface area contributed by atoms with Crippen molar-refractivity contribution in [3.05, 3.63) is 29.3 Å². The van der Waals surface area contributed by atoms with Crippen LogP contribution in [0.4, 0.5) is 8.78 Å². The van der Waals surface area contributed by atoms with Gasteiger partial charge < -0.3 is 10.8 Å². The average molecular weight is 213 g/mol. The van der Waals surface area contributed by atoms with Gasteiger partial charge in [0, 0.05) is 17.0 Å². The van der Waals surface area contributed by atoms with Crippen LogP contribution in [-0.2, 0) is 5.41 Å². The van der Waals surface area contributed by atoms with Crippen molar-refractivity contribution >= 4 is 0 Å². The minimum Gasteiger partial charge on any atom is -0.508 e. The van der Waals surface area contributed by atoms with Gasteiger partial charge in [-0.2, -0.15) is 0 Å². The zero-order chi connectivity index (χ0) is 11.2. The molecule has 1 atom stereocenters. The quantitative estimate of drug-likeness (QED) is 0.789. The van der Waals surface area contributed by atoms with Gasteiger partial charge in [0.15, 0.2) is 11.6 Å². The largest absolute Gasteiger partial charge is 0.508 e. The summed E-state index contributed by atoms with van der Waals surface area (Å²) in [7, 11) is 0. The van der Waals surface area contributed by atoms with Crippen molar-refractivity contribution in [2.75, 3.05) is 0 Å². The van der Waals surface area contributed by atoms with Gasteiger partial charge >= 0.3 is 0 Å². The first-order chi connectivity index (χ1) is 6.99. The van der Waals surface area contributed by atoms with E-state index in [1.807, 2.05) is 0 Å². The van der Waals surface area contributed by atoms with E-state index in [2.05, 4.69) is 0 Å². The Morgan fingerprint density at radius 1 is 1.40 bits per heavy atom. The Morgan fingerprint density at radius 2 is 2.00 bits per heavy atom. The Labute approximate surface area is 86.7 Å². The number of halogens is 2. The van der Waals surface area contributed by atoms with Crippen LogP contribution in [-0.4, -0.2) is 11.1 Å². The summed E-state index contributed by atoms with van der Waals surface area (Å²) in [6.45, 7) is 1.75. The highest BCUT2D eigenvalue weighted by Gasteiger charge is 2.51. The number of rotatable bonds is 2. The summed E-state index contributed by atoms with van der Waals surface area (Å²) in [6, 6.07) is 1.81. The van der Waals surface area contributed by atoms with E-state index in [1.165, 1.54) is 6.07 Å². The molecule has 82 valence electrons. The van der Waals surface area contributed by atoms with Crippen LogP contribution in [0.2, 0.25) is 0 Å². The fourth-order valence-electron chi connectivity index (χ4n) is 2.08. The van der Waals surface area contributed by atoms with Gasteiger partial charge in [0.05, 0.1) is 0 Å². The lowest BCUT2D eigenvalue weighted by atomic mass is 9.88. The lowest BCUT2D eigenvalue weighted by Crippen LogP contribution is -2.32. The fourth-order valence-corrected chi connectivity index (χ4v) is 2.08. The zero-order valence-electron chi connectivity index (χ0n) is 8.43. The molecule has 0 aromatic heterocycles. The Bertz CT molecular complexity index is 400. The Morgan fingerprint density at radius 3 is 2.47 bits per heavy atom. The van der Waals surface area contributed by atoms with Crippen LogP contribution in [0.25, 0.3) is 0 Å². The van der Waals surface area contributed by atoms with E-state index in [4.69, 9.17) is 5.73 Å². The van der Waals surface area contributed by atoms with Gasteiger partial charge in [0.25, 0.3) is 0 Å². The summed E-state index contributed by atoms with van der Waals surface area (Å²) in [5, 5.41) is 9.58. The predicted octanol–water partition coefficient (Wildman–Crippen LogP) is 2.05. The van der Waals surface area contributed by atoms with Crippen molar-refractivity contribution in [3.8, 4) is 5.75 Å². The summed E-state index contributed by atoms with van der Waals surface area (Å²) in [6.07, 6.45) is 1.39. The van der Waals surface area contributed by atoms with Crippen LogP contribution >= 0.6 is 0 Å². The molecule has 0 aliphatic heterocycles. The minimum absolute atomic E-state index is 0.0394. The average Bonchev–Trinajstić information content (AvgIpc) is 2.93. The fraction of sp³-hybridized carbons (Fsp3) is 0.455. The molecule has 2 rings (SSSR count). The highest BCUT2D eigenvalue weighted by Crippen LogP contribution is 2.54. The van der Waals surface area contributed by atoms with Crippen LogP contribution in [0.1, 0.15) is 25.3 Å². The number of phenolic OH excluding ortho intramolecular Hbond substituents is 1. The Kier molecular flexibility index (Phi) is 2.19. The van der Waals surface area contributed by atoms with Crippen molar-refractivity contribution in [2.24, 2.45) is 5.73 Å². The molecule has 1 saturated carbocycles. The molecule has 1 aromatic carbocycles. The highest BCUT2D eigenvalue weighted by atomic mass is 19.2. The van der Waals surface area contributed by atoms with E-state index < -0.39 is 17.0 Å². The molecule has 15 heavy (non-hydrogen) atoms. The molecule has 1 unspecified atom stereocenters. The van der Waals surface area contributed by atoms with Crippen molar-refractivity contribution in [3.63, 3.8) is 0 Å². The van der Waals surface area contributed by atoms with Gasteiger partial charge in [0.2, 0.25) is 0 Å². The van der Waals surface area contributed by atoms with E-state index in [0.717, 1.165) is 6.07 Å². The second-order valence-electron chi connectivity index (χ2n) is 4.20. The maximum absolute atomic E-state index is 13.6. The van der Waals surface area contributed by atoms with E-state index in [9.17, 15) is 13.9 Å². The van der Waals surface area contributed by atoms with Crippen LogP contribution in [0.5, 0.6) is 5.75 Å². The van der Waals surface area contributed by atoms with Gasteiger partial charge in [-0.1, -0.05) is 0 Å². The zero-order valence-corrected chi connectivity index (χ0v) is 8.43. The molecule has 4 heteroatoms. The molecule has 1 aromatic rings. The second-order valence-corrected chi connectivity index (χ2v) is 4.20. The van der Waals surface area contributed by atoms with Crippen LogP contribution in [0, 0.1) is 11.6 Å². The third-order valence-corrected chi connectivity index (χ3v) is 3.23. The van der Waals surface area contributed by atoms with E-state index in [-0.39, 0.29) is 17.4 Å².